The van der Waals surface area contributed by atoms with Gasteiger partial charge in [-0.15, -0.1) is 0 Å². The molecule has 1 saturated heterocycles. The van der Waals surface area contributed by atoms with Crippen LogP contribution in [0.3, 0.4) is 0 Å². The second-order valence-corrected chi connectivity index (χ2v) is 13.5. The predicted octanol–water partition coefficient (Wildman–Crippen LogP) is 5.06. The standard InChI is InChI=1S/C30H43N5O3S2/c1-5-7-16-35(17-8-6-2)40(37,38)26-13-11-25(12-14-26)29(36)31-15-18-33-19-21-34(22-20-33)30-32-27-23(3)9-10-24(4)28(27)39-30/h9-14H,5-8,15-22H2,1-4H3,(H,31,36). The van der Waals surface area contributed by atoms with Crippen LogP contribution in [0.5, 0.6) is 0 Å². The molecule has 1 aromatic heterocycles. The Balaban J connectivity index is 1.25. The van der Waals surface area contributed by atoms with E-state index in [0.717, 1.165) is 69.1 Å². The third-order valence-electron chi connectivity index (χ3n) is 7.56. The van der Waals surface area contributed by atoms with E-state index in [4.69, 9.17) is 4.98 Å². The van der Waals surface area contributed by atoms with Gasteiger partial charge in [-0.1, -0.05) is 50.2 Å². The molecular formula is C30H43N5O3S2. The first kappa shape index (κ1) is 30.4. The van der Waals surface area contributed by atoms with Gasteiger partial charge < -0.3 is 10.2 Å². The number of anilines is 1. The van der Waals surface area contributed by atoms with Gasteiger partial charge in [0, 0.05) is 57.9 Å². The highest BCUT2D eigenvalue weighted by Crippen LogP contribution is 2.33. The van der Waals surface area contributed by atoms with E-state index in [9.17, 15) is 13.2 Å². The van der Waals surface area contributed by atoms with Crippen LogP contribution in [-0.2, 0) is 10.0 Å². The van der Waals surface area contributed by atoms with Crippen molar-refractivity contribution in [3.8, 4) is 0 Å². The van der Waals surface area contributed by atoms with Crippen molar-refractivity contribution in [1.82, 2.24) is 19.5 Å². The first-order valence-electron chi connectivity index (χ1n) is 14.5. The number of fused-ring (bicyclic) bond motifs is 1. The molecular weight excluding hydrogens is 542 g/mol. The highest BCUT2D eigenvalue weighted by molar-refractivity contribution is 7.89. The number of nitrogens with zero attached hydrogens (tertiary/aromatic N) is 4. The lowest BCUT2D eigenvalue weighted by Gasteiger charge is -2.34. The molecule has 218 valence electrons. The fraction of sp³-hybridized carbons (Fsp3) is 0.533. The maximum Gasteiger partial charge on any atom is 0.251 e. The summed E-state index contributed by atoms with van der Waals surface area (Å²) in [6, 6.07) is 10.6. The number of sulfonamides is 1. The molecule has 0 unspecified atom stereocenters. The van der Waals surface area contributed by atoms with E-state index >= 15 is 0 Å². The molecule has 4 rings (SSSR count). The molecule has 1 aliphatic rings. The fourth-order valence-corrected chi connectivity index (χ4v) is 7.60. The van der Waals surface area contributed by atoms with Gasteiger partial charge in [0.15, 0.2) is 5.13 Å². The first-order valence-corrected chi connectivity index (χ1v) is 16.7. The molecule has 0 aliphatic carbocycles. The summed E-state index contributed by atoms with van der Waals surface area (Å²) in [5, 5.41) is 4.08. The average Bonchev–Trinajstić information content (AvgIpc) is 3.42. The molecule has 0 spiro atoms. The summed E-state index contributed by atoms with van der Waals surface area (Å²) in [4.78, 5) is 22.6. The molecule has 2 aromatic carbocycles. The van der Waals surface area contributed by atoms with Crippen molar-refractivity contribution in [3.05, 3.63) is 53.1 Å². The SMILES string of the molecule is CCCCN(CCCC)S(=O)(=O)c1ccc(C(=O)NCCN2CCN(c3nc4c(C)ccc(C)c4s3)CC2)cc1. The Kier molecular flexibility index (Phi) is 10.6. The third-order valence-corrected chi connectivity index (χ3v) is 10.7. The van der Waals surface area contributed by atoms with Crippen LogP contribution in [0.1, 0.15) is 61.0 Å². The number of unbranched alkanes of at least 4 members (excludes halogenated alkanes) is 2. The van der Waals surface area contributed by atoms with Crippen molar-refractivity contribution in [2.75, 3.05) is 57.3 Å². The number of aromatic nitrogens is 1. The normalized spacial score (nSPS) is 14.8. The lowest BCUT2D eigenvalue weighted by molar-refractivity contribution is 0.0947. The van der Waals surface area contributed by atoms with Gasteiger partial charge in [0.05, 0.1) is 15.1 Å². The number of thiazole rings is 1. The van der Waals surface area contributed by atoms with E-state index in [0.29, 0.717) is 25.2 Å². The number of hydrogen-bond donors (Lipinski definition) is 1. The second-order valence-electron chi connectivity index (χ2n) is 10.6. The van der Waals surface area contributed by atoms with Crippen LogP contribution in [0.2, 0.25) is 0 Å². The van der Waals surface area contributed by atoms with Crippen molar-refractivity contribution in [2.24, 2.45) is 0 Å². The van der Waals surface area contributed by atoms with Crippen molar-refractivity contribution < 1.29 is 13.2 Å². The minimum absolute atomic E-state index is 0.184. The summed E-state index contributed by atoms with van der Waals surface area (Å²) in [5.41, 5.74) is 4.07. The lowest BCUT2D eigenvalue weighted by atomic mass is 10.1. The van der Waals surface area contributed by atoms with Crippen LogP contribution in [0.4, 0.5) is 5.13 Å². The predicted molar refractivity (Wildman–Crippen MR) is 165 cm³/mol. The van der Waals surface area contributed by atoms with Crippen LogP contribution in [-0.4, -0.2) is 80.9 Å². The summed E-state index contributed by atoms with van der Waals surface area (Å²) in [7, 11) is -3.57. The molecule has 0 saturated carbocycles. The van der Waals surface area contributed by atoms with Crippen molar-refractivity contribution in [2.45, 2.75) is 58.3 Å². The summed E-state index contributed by atoms with van der Waals surface area (Å²) in [6.45, 7) is 14.4. The number of nitrogens with one attached hydrogen (secondary N) is 1. The Bertz CT molecular complexity index is 1330. The largest absolute Gasteiger partial charge is 0.351 e. The molecule has 0 atom stereocenters. The van der Waals surface area contributed by atoms with Crippen LogP contribution < -0.4 is 10.2 Å². The molecule has 2 heterocycles. The Labute approximate surface area is 243 Å². The number of amides is 1. The Morgan fingerprint density at radius 1 is 0.950 bits per heavy atom. The molecule has 40 heavy (non-hydrogen) atoms. The van der Waals surface area contributed by atoms with Crippen LogP contribution in [0.25, 0.3) is 10.2 Å². The van der Waals surface area contributed by atoms with E-state index in [2.05, 4.69) is 54.9 Å². The number of hydrogen-bond acceptors (Lipinski definition) is 7. The van der Waals surface area contributed by atoms with Crippen LogP contribution >= 0.6 is 11.3 Å². The molecule has 0 radical (unpaired) electrons. The Morgan fingerprint density at radius 3 is 2.17 bits per heavy atom. The minimum Gasteiger partial charge on any atom is -0.351 e. The summed E-state index contributed by atoms with van der Waals surface area (Å²) in [5.74, 6) is -0.184. The van der Waals surface area contributed by atoms with Gasteiger partial charge in [-0.2, -0.15) is 4.31 Å². The number of rotatable bonds is 13. The van der Waals surface area contributed by atoms with E-state index in [1.807, 2.05) is 0 Å². The van der Waals surface area contributed by atoms with Crippen molar-refractivity contribution in [3.63, 3.8) is 0 Å². The topological polar surface area (TPSA) is 85.8 Å². The van der Waals surface area contributed by atoms with E-state index in [1.54, 1.807) is 39.9 Å². The van der Waals surface area contributed by atoms with Gasteiger partial charge in [-0.3, -0.25) is 9.69 Å². The number of aryl methyl sites for hydroxylation is 2. The highest BCUT2D eigenvalue weighted by Gasteiger charge is 2.24. The van der Waals surface area contributed by atoms with E-state index < -0.39 is 10.0 Å². The number of carbonyl (C=O) groups is 1. The smallest absolute Gasteiger partial charge is 0.251 e. The molecule has 3 aromatic rings. The molecule has 1 aliphatic heterocycles. The number of carbonyl (C=O) groups excluding carboxylic acids is 1. The zero-order valence-electron chi connectivity index (χ0n) is 24.3. The number of piperazine rings is 1. The highest BCUT2D eigenvalue weighted by atomic mass is 32.2. The first-order chi connectivity index (χ1) is 19.2. The summed E-state index contributed by atoms with van der Waals surface area (Å²) < 4.78 is 29.2. The van der Waals surface area contributed by atoms with Gasteiger partial charge in [-0.25, -0.2) is 13.4 Å². The fourth-order valence-electron chi connectivity index (χ4n) is 4.92. The van der Waals surface area contributed by atoms with Crippen molar-refractivity contribution in [1.29, 1.82) is 0 Å². The minimum atomic E-state index is -3.57. The zero-order chi connectivity index (χ0) is 28.7. The quantitative estimate of drug-likeness (QED) is 0.302. The summed E-state index contributed by atoms with van der Waals surface area (Å²) >= 11 is 1.77. The zero-order valence-corrected chi connectivity index (χ0v) is 25.9. The van der Waals surface area contributed by atoms with Gasteiger partial charge >= 0.3 is 0 Å². The molecule has 1 N–H and O–H groups in total. The lowest BCUT2D eigenvalue weighted by Crippen LogP contribution is -2.48. The van der Waals surface area contributed by atoms with Gasteiger partial charge in [0.25, 0.3) is 5.91 Å². The van der Waals surface area contributed by atoms with Crippen LogP contribution in [0, 0.1) is 13.8 Å². The maximum absolute atomic E-state index is 13.2. The van der Waals surface area contributed by atoms with E-state index in [1.165, 1.54) is 15.8 Å². The van der Waals surface area contributed by atoms with Gasteiger partial charge in [-0.05, 0) is 62.1 Å². The molecule has 8 nitrogen and oxygen atoms in total. The van der Waals surface area contributed by atoms with Crippen molar-refractivity contribution >= 4 is 42.6 Å². The van der Waals surface area contributed by atoms with E-state index in [-0.39, 0.29) is 10.8 Å². The third kappa shape index (κ3) is 7.21. The summed E-state index contributed by atoms with van der Waals surface area (Å²) in [6.07, 6.45) is 3.55. The maximum atomic E-state index is 13.2. The Morgan fingerprint density at radius 2 is 1.57 bits per heavy atom. The molecule has 10 heteroatoms. The number of benzene rings is 2. The van der Waals surface area contributed by atoms with Gasteiger partial charge in [0.1, 0.15) is 0 Å². The average molecular weight is 586 g/mol. The van der Waals surface area contributed by atoms with Gasteiger partial charge in [0.2, 0.25) is 10.0 Å². The van der Waals surface area contributed by atoms with Crippen LogP contribution in [0.15, 0.2) is 41.3 Å². The molecule has 0 bridgehead atoms. The molecule has 1 fully saturated rings. The monoisotopic (exact) mass is 585 g/mol. The Hall–Kier alpha value is -2.53. The molecule has 1 amide bonds. The second kappa shape index (κ2) is 13.9.